The van der Waals surface area contributed by atoms with Crippen LogP contribution in [0.5, 0.6) is 0 Å². The minimum Gasteiger partial charge on any atom is -0.467 e. The van der Waals surface area contributed by atoms with Crippen LogP contribution in [0.3, 0.4) is 0 Å². The molecule has 3 aliphatic rings. The number of carbonyl (C=O) groups excluding carboxylic acids is 2. The van der Waals surface area contributed by atoms with Crippen molar-refractivity contribution in [2.75, 3.05) is 26.2 Å². The molecule has 0 radical (unpaired) electrons. The molecule has 2 saturated carbocycles. The molecule has 0 aromatic carbocycles. The van der Waals surface area contributed by atoms with E-state index < -0.39 is 0 Å². The number of amides is 2. The van der Waals surface area contributed by atoms with Crippen LogP contribution in [0.15, 0.2) is 22.8 Å². The van der Waals surface area contributed by atoms with Crippen LogP contribution in [0.25, 0.3) is 0 Å². The van der Waals surface area contributed by atoms with Crippen molar-refractivity contribution in [2.45, 2.75) is 64.0 Å². The van der Waals surface area contributed by atoms with Crippen molar-refractivity contribution in [3.63, 3.8) is 0 Å². The van der Waals surface area contributed by atoms with Crippen LogP contribution < -0.4 is 5.32 Å². The second-order valence-electron chi connectivity index (χ2n) is 8.63. The van der Waals surface area contributed by atoms with Gasteiger partial charge in [-0.15, -0.1) is 0 Å². The molecule has 1 aromatic rings. The number of nitrogens with one attached hydrogen (secondary N) is 1. The molecule has 28 heavy (non-hydrogen) atoms. The first-order valence-corrected chi connectivity index (χ1v) is 11.1. The van der Waals surface area contributed by atoms with Gasteiger partial charge >= 0.3 is 0 Å². The molecule has 1 N–H and O–H groups in total. The Kier molecular flexibility index (Phi) is 6.35. The lowest BCUT2D eigenvalue weighted by Gasteiger charge is -2.41. The van der Waals surface area contributed by atoms with E-state index in [0.29, 0.717) is 18.4 Å². The average molecular weight is 388 g/mol. The van der Waals surface area contributed by atoms with Gasteiger partial charge in [0.15, 0.2) is 0 Å². The smallest absolute Gasteiger partial charge is 0.238 e. The van der Waals surface area contributed by atoms with Gasteiger partial charge in [-0.1, -0.05) is 25.7 Å². The second kappa shape index (κ2) is 9.12. The van der Waals surface area contributed by atoms with Crippen LogP contribution in [0.4, 0.5) is 0 Å². The van der Waals surface area contributed by atoms with Crippen molar-refractivity contribution >= 4 is 11.8 Å². The molecular formula is C22H33N3O3. The topological polar surface area (TPSA) is 65.8 Å². The number of rotatable bonds is 6. The fourth-order valence-corrected chi connectivity index (χ4v) is 5.29. The highest BCUT2D eigenvalue weighted by Gasteiger charge is 2.38. The van der Waals surface area contributed by atoms with E-state index in [1.54, 1.807) is 6.26 Å². The molecule has 0 bridgehead atoms. The third-order valence-corrected chi connectivity index (χ3v) is 6.86. The summed E-state index contributed by atoms with van der Waals surface area (Å²) in [5.41, 5.74) is 0. The highest BCUT2D eigenvalue weighted by molar-refractivity contribution is 5.82. The van der Waals surface area contributed by atoms with Gasteiger partial charge in [-0.05, 0) is 43.7 Å². The molecule has 154 valence electrons. The standard InChI is InChI=1S/C22H33N3O3/c26-21(23-16-19-10-5-15-28-19)20(17-6-1-2-7-17)24-11-13-25(14-12-24)22(27)18-8-3-4-9-18/h5,10,15,17-18,20H,1-4,6-9,11-14,16H2,(H,23,26)/t20-/m0/s1. The third kappa shape index (κ3) is 4.43. The van der Waals surface area contributed by atoms with Gasteiger partial charge < -0.3 is 14.6 Å². The Morgan fingerprint density at radius 2 is 1.71 bits per heavy atom. The van der Waals surface area contributed by atoms with E-state index in [-0.39, 0.29) is 17.9 Å². The number of piperazine rings is 1. The van der Waals surface area contributed by atoms with E-state index in [4.69, 9.17) is 4.42 Å². The van der Waals surface area contributed by atoms with Crippen LogP contribution in [-0.2, 0) is 16.1 Å². The molecule has 2 aliphatic carbocycles. The first-order chi connectivity index (χ1) is 13.7. The van der Waals surface area contributed by atoms with E-state index >= 15 is 0 Å². The molecule has 3 fully saturated rings. The fraction of sp³-hybridized carbons (Fsp3) is 0.727. The molecule has 2 heterocycles. The summed E-state index contributed by atoms with van der Waals surface area (Å²) < 4.78 is 5.35. The Morgan fingerprint density at radius 3 is 2.36 bits per heavy atom. The molecule has 0 spiro atoms. The molecule has 6 heteroatoms. The fourth-order valence-electron chi connectivity index (χ4n) is 5.29. The van der Waals surface area contributed by atoms with Crippen molar-refractivity contribution in [3.8, 4) is 0 Å². The predicted octanol–water partition coefficient (Wildman–Crippen LogP) is 2.79. The number of furan rings is 1. The molecule has 0 unspecified atom stereocenters. The van der Waals surface area contributed by atoms with Gasteiger partial charge in [-0.25, -0.2) is 0 Å². The Bertz CT molecular complexity index is 640. The molecule has 2 amide bonds. The van der Waals surface area contributed by atoms with Crippen LogP contribution in [-0.4, -0.2) is 53.8 Å². The van der Waals surface area contributed by atoms with Crippen LogP contribution in [0, 0.1) is 11.8 Å². The highest BCUT2D eigenvalue weighted by Crippen LogP contribution is 2.32. The summed E-state index contributed by atoms with van der Waals surface area (Å²) in [6, 6.07) is 3.65. The third-order valence-electron chi connectivity index (χ3n) is 6.86. The van der Waals surface area contributed by atoms with Crippen LogP contribution in [0.1, 0.15) is 57.1 Å². The van der Waals surface area contributed by atoms with E-state index in [1.807, 2.05) is 17.0 Å². The predicted molar refractivity (Wildman–Crippen MR) is 106 cm³/mol. The summed E-state index contributed by atoms with van der Waals surface area (Å²) in [6.45, 7) is 3.55. The van der Waals surface area contributed by atoms with Crippen LogP contribution >= 0.6 is 0 Å². The lowest BCUT2D eigenvalue weighted by molar-refractivity contribution is -0.138. The minimum atomic E-state index is -0.0822. The maximum absolute atomic E-state index is 13.1. The van der Waals surface area contributed by atoms with E-state index in [2.05, 4.69) is 10.2 Å². The minimum absolute atomic E-state index is 0.0822. The van der Waals surface area contributed by atoms with Crippen molar-refractivity contribution in [1.82, 2.24) is 15.1 Å². The first kappa shape index (κ1) is 19.5. The number of hydrogen-bond donors (Lipinski definition) is 1. The van der Waals surface area contributed by atoms with Gasteiger partial charge in [-0.2, -0.15) is 0 Å². The molecule has 1 atom stereocenters. The van der Waals surface area contributed by atoms with E-state index in [1.165, 1.54) is 25.7 Å². The first-order valence-electron chi connectivity index (χ1n) is 11.1. The Hall–Kier alpha value is -1.82. The normalized spacial score (nSPS) is 23.2. The largest absolute Gasteiger partial charge is 0.467 e. The monoisotopic (exact) mass is 387 g/mol. The lowest BCUT2D eigenvalue weighted by atomic mass is 9.94. The quantitative estimate of drug-likeness (QED) is 0.815. The molecule has 1 aliphatic heterocycles. The molecule has 4 rings (SSSR count). The van der Waals surface area contributed by atoms with Crippen molar-refractivity contribution in [3.05, 3.63) is 24.2 Å². The summed E-state index contributed by atoms with van der Waals surface area (Å²) in [4.78, 5) is 30.2. The van der Waals surface area contributed by atoms with Crippen LogP contribution in [0.2, 0.25) is 0 Å². The summed E-state index contributed by atoms with van der Waals surface area (Å²) in [6.07, 6.45) is 10.8. The summed E-state index contributed by atoms with van der Waals surface area (Å²) in [5, 5.41) is 3.08. The summed E-state index contributed by atoms with van der Waals surface area (Å²) in [5.74, 6) is 1.91. The summed E-state index contributed by atoms with van der Waals surface area (Å²) >= 11 is 0. The second-order valence-corrected chi connectivity index (χ2v) is 8.63. The Balaban J connectivity index is 1.35. The zero-order valence-electron chi connectivity index (χ0n) is 16.8. The van der Waals surface area contributed by atoms with Gasteiger partial charge in [0.2, 0.25) is 11.8 Å². The zero-order chi connectivity index (χ0) is 19.3. The lowest BCUT2D eigenvalue weighted by Crippen LogP contribution is -2.58. The van der Waals surface area contributed by atoms with Gasteiger partial charge in [0.25, 0.3) is 0 Å². The SMILES string of the molecule is O=C(NCc1ccco1)[C@H](C1CCCC1)N1CCN(C(=O)C2CCCC2)CC1. The molecular weight excluding hydrogens is 354 g/mol. The van der Waals surface area contributed by atoms with Gasteiger partial charge in [0.05, 0.1) is 18.8 Å². The zero-order valence-corrected chi connectivity index (χ0v) is 16.8. The number of carbonyl (C=O) groups is 2. The molecule has 6 nitrogen and oxygen atoms in total. The molecule has 1 aromatic heterocycles. The summed E-state index contributed by atoms with van der Waals surface area (Å²) in [7, 11) is 0. The van der Waals surface area contributed by atoms with Crippen molar-refractivity contribution < 1.29 is 14.0 Å². The van der Waals surface area contributed by atoms with Gasteiger partial charge in [0, 0.05) is 32.1 Å². The van der Waals surface area contributed by atoms with Gasteiger partial charge in [0.1, 0.15) is 5.76 Å². The van der Waals surface area contributed by atoms with Crippen molar-refractivity contribution in [2.24, 2.45) is 11.8 Å². The van der Waals surface area contributed by atoms with Crippen molar-refractivity contribution in [1.29, 1.82) is 0 Å². The van der Waals surface area contributed by atoms with Gasteiger partial charge in [-0.3, -0.25) is 14.5 Å². The van der Waals surface area contributed by atoms with E-state index in [0.717, 1.165) is 57.6 Å². The molecule has 1 saturated heterocycles. The average Bonchev–Trinajstić information content (AvgIpc) is 3.50. The Morgan fingerprint density at radius 1 is 1.04 bits per heavy atom. The maximum Gasteiger partial charge on any atom is 0.238 e. The maximum atomic E-state index is 13.1. The highest BCUT2D eigenvalue weighted by atomic mass is 16.3. The van der Waals surface area contributed by atoms with E-state index in [9.17, 15) is 9.59 Å². The number of hydrogen-bond acceptors (Lipinski definition) is 4. The number of nitrogens with zero attached hydrogens (tertiary/aromatic N) is 2. The Labute approximate surface area is 167 Å².